The molecule has 0 aliphatic heterocycles. The second-order valence-electron chi connectivity index (χ2n) is 7.68. The van der Waals surface area contributed by atoms with E-state index < -0.39 is 4.92 Å². The molecule has 5 rings (SSSR count). The second kappa shape index (κ2) is 9.27. The number of hydrogen-bond donors (Lipinski definition) is 1. The van der Waals surface area contributed by atoms with Crippen LogP contribution in [0.2, 0.25) is 0 Å². The maximum absolute atomic E-state index is 11.3. The lowest BCUT2D eigenvalue weighted by Crippen LogP contribution is -1.89. The Bertz CT molecular complexity index is 1510. The van der Waals surface area contributed by atoms with E-state index in [-0.39, 0.29) is 5.69 Å². The number of imidazole rings is 1. The molecule has 0 amide bonds. The maximum atomic E-state index is 11.3. The van der Waals surface area contributed by atoms with Crippen LogP contribution in [0.3, 0.4) is 0 Å². The van der Waals surface area contributed by atoms with Crippen LogP contribution in [0.15, 0.2) is 109 Å². The van der Waals surface area contributed by atoms with E-state index in [9.17, 15) is 10.1 Å². The summed E-state index contributed by atoms with van der Waals surface area (Å²) in [6.45, 7) is 0. The molecule has 0 bridgehead atoms. The number of nitrogens with zero attached hydrogens (tertiary/aromatic N) is 2. The van der Waals surface area contributed by atoms with Gasteiger partial charge in [0.15, 0.2) is 0 Å². The van der Waals surface area contributed by atoms with Gasteiger partial charge < -0.3 is 4.98 Å². The van der Waals surface area contributed by atoms with Crippen molar-refractivity contribution in [1.29, 1.82) is 0 Å². The number of nitro groups is 1. The minimum atomic E-state index is -0.394. The highest BCUT2D eigenvalue weighted by molar-refractivity contribution is 5.82. The molecule has 1 aromatic heterocycles. The molecule has 1 heterocycles. The normalized spacial score (nSPS) is 10.4. The van der Waals surface area contributed by atoms with E-state index in [2.05, 4.69) is 16.8 Å². The predicted octanol–water partition coefficient (Wildman–Crippen LogP) is 6.72. The molecule has 5 nitrogen and oxygen atoms in total. The third-order valence-corrected chi connectivity index (χ3v) is 5.38. The first-order chi connectivity index (χ1) is 16.7. The standard InChI is InChI=1S/C29H19N3O2/c33-32(34)26-13-7-12-25(20-26)28-27(23-10-5-2-6-11-23)30-29(31-28)24-18-16-22(17-19-24)15-14-21-8-3-1-4-9-21/h1-13,16-20H,(H,30,31). The molecular weight excluding hydrogens is 422 g/mol. The van der Waals surface area contributed by atoms with Crippen LogP contribution in [-0.4, -0.2) is 14.9 Å². The van der Waals surface area contributed by atoms with Gasteiger partial charge >= 0.3 is 0 Å². The van der Waals surface area contributed by atoms with Crippen LogP contribution in [0.1, 0.15) is 11.1 Å². The molecule has 0 spiro atoms. The van der Waals surface area contributed by atoms with Crippen LogP contribution in [-0.2, 0) is 0 Å². The third kappa shape index (κ3) is 4.47. The van der Waals surface area contributed by atoms with Crippen molar-refractivity contribution < 1.29 is 4.92 Å². The van der Waals surface area contributed by atoms with Crippen molar-refractivity contribution >= 4 is 5.69 Å². The van der Waals surface area contributed by atoms with Crippen LogP contribution >= 0.6 is 0 Å². The molecule has 0 saturated heterocycles. The maximum Gasteiger partial charge on any atom is 0.270 e. The Morgan fingerprint density at radius 1 is 0.676 bits per heavy atom. The Morgan fingerprint density at radius 2 is 1.29 bits per heavy atom. The van der Waals surface area contributed by atoms with Gasteiger partial charge in [-0.15, -0.1) is 0 Å². The number of aromatic nitrogens is 2. The van der Waals surface area contributed by atoms with Crippen LogP contribution < -0.4 is 0 Å². The number of H-pyrrole nitrogens is 1. The van der Waals surface area contributed by atoms with Crippen molar-refractivity contribution in [3.63, 3.8) is 0 Å². The molecule has 0 fully saturated rings. The summed E-state index contributed by atoms with van der Waals surface area (Å²) < 4.78 is 0. The monoisotopic (exact) mass is 441 g/mol. The van der Waals surface area contributed by atoms with Crippen molar-refractivity contribution in [1.82, 2.24) is 9.97 Å². The quantitative estimate of drug-likeness (QED) is 0.191. The Balaban J connectivity index is 1.53. The lowest BCUT2D eigenvalue weighted by atomic mass is 10.0. The number of benzene rings is 4. The third-order valence-electron chi connectivity index (χ3n) is 5.38. The Morgan fingerprint density at radius 3 is 1.97 bits per heavy atom. The van der Waals surface area contributed by atoms with Gasteiger partial charge in [0, 0.05) is 39.9 Å². The Kier molecular flexibility index (Phi) is 5.71. The van der Waals surface area contributed by atoms with Crippen molar-refractivity contribution in [2.45, 2.75) is 0 Å². The fourth-order valence-corrected chi connectivity index (χ4v) is 3.68. The smallest absolute Gasteiger partial charge is 0.270 e. The first-order valence-electron chi connectivity index (χ1n) is 10.8. The van der Waals surface area contributed by atoms with E-state index in [0.717, 1.165) is 27.9 Å². The van der Waals surface area contributed by atoms with Crippen LogP contribution in [0, 0.1) is 22.0 Å². The van der Waals surface area contributed by atoms with E-state index in [1.807, 2.05) is 91.0 Å². The fraction of sp³-hybridized carbons (Fsp3) is 0. The Hall–Kier alpha value is -4.95. The Labute approximate surface area is 196 Å². The van der Waals surface area contributed by atoms with Crippen LogP contribution in [0.5, 0.6) is 0 Å². The molecule has 1 N–H and O–H groups in total. The van der Waals surface area contributed by atoms with E-state index in [1.165, 1.54) is 6.07 Å². The van der Waals surface area contributed by atoms with Gasteiger partial charge in [0.1, 0.15) is 5.82 Å². The first kappa shape index (κ1) is 20.9. The van der Waals surface area contributed by atoms with Crippen molar-refractivity contribution in [3.8, 4) is 45.7 Å². The number of nitrogens with one attached hydrogen (secondary N) is 1. The minimum Gasteiger partial charge on any atom is -0.337 e. The first-order valence-corrected chi connectivity index (χ1v) is 10.8. The zero-order valence-corrected chi connectivity index (χ0v) is 18.1. The summed E-state index contributed by atoms with van der Waals surface area (Å²) in [4.78, 5) is 19.2. The van der Waals surface area contributed by atoms with Gasteiger partial charge in [-0.25, -0.2) is 4.98 Å². The van der Waals surface area contributed by atoms with Gasteiger partial charge in [0.25, 0.3) is 5.69 Å². The van der Waals surface area contributed by atoms with Crippen molar-refractivity contribution in [2.75, 3.05) is 0 Å². The summed E-state index contributed by atoms with van der Waals surface area (Å²) >= 11 is 0. The highest BCUT2D eigenvalue weighted by Crippen LogP contribution is 2.34. The van der Waals surface area contributed by atoms with Gasteiger partial charge in [-0.05, 0) is 24.3 Å². The van der Waals surface area contributed by atoms with Gasteiger partial charge in [-0.1, -0.05) is 84.6 Å². The summed E-state index contributed by atoms with van der Waals surface area (Å²) in [6.07, 6.45) is 0. The molecule has 5 heteroatoms. The molecule has 0 aliphatic rings. The largest absolute Gasteiger partial charge is 0.337 e. The lowest BCUT2D eigenvalue weighted by molar-refractivity contribution is -0.384. The molecule has 0 aliphatic carbocycles. The second-order valence-corrected chi connectivity index (χ2v) is 7.68. The lowest BCUT2D eigenvalue weighted by Gasteiger charge is -2.03. The van der Waals surface area contributed by atoms with E-state index in [4.69, 9.17) is 4.98 Å². The van der Waals surface area contributed by atoms with Gasteiger partial charge in [-0.3, -0.25) is 10.1 Å². The molecule has 34 heavy (non-hydrogen) atoms. The van der Waals surface area contributed by atoms with E-state index in [1.54, 1.807) is 12.1 Å². The average molecular weight is 441 g/mol. The molecule has 4 aromatic carbocycles. The van der Waals surface area contributed by atoms with E-state index >= 15 is 0 Å². The number of hydrogen-bond acceptors (Lipinski definition) is 3. The molecule has 0 atom stereocenters. The minimum absolute atomic E-state index is 0.0300. The molecule has 0 radical (unpaired) electrons. The van der Waals surface area contributed by atoms with Crippen LogP contribution in [0.25, 0.3) is 33.9 Å². The topological polar surface area (TPSA) is 71.8 Å². The summed E-state index contributed by atoms with van der Waals surface area (Å²) in [7, 11) is 0. The number of non-ortho nitro benzene ring substituents is 1. The van der Waals surface area contributed by atoms with Gasteiger partial charge in [0.05, 0.1) is 16.3 Å². The molecule has 0 unspecified atom stereocenters. The summed E-state index contributed by atoms with van der Waals surface area (Å²) in [5.74, 6) is 7.03. The predicted molar refractivity (Wildman–Crippen MR) is 134 cm³/mol. The van der Waals surface area contributed by atoms with Crippen molar-refractivity contribution in [2.24, 2.45) is 0 Å². The van der Waals surface area contributed by atoms with E-state index in [0.29, 0.717) is 17.1 Å². The number of rotatable bonds is 4. The number of aromatic amines is 1. The molecule has 0 saturated carbocycles. The molecule has 5 aromatic rings. The summed E-state index contributed by atoms with van der Waals surface area (Å²) in [6, 6.07) is 34.1. The summed E-state index contributed by atoms with van der Waals surface area (Å²) in [5.41, 5.74) is 5.91. The molecular formula is C29H19N3O2. The van der Waals surface area contributed by atoms with Crippen LogP contribution in [0.4, 0.5) is 5.69 Å². The van der Waals surface area contributed by atoms with Crippen molar-refractivity contribution in [3.05, 3.63) is 130 Å². The highest BCUT2D eigenvalue weighted by Gasteiger charge is 2.17. The zero-order valence-electron chi connectivity index (χ0n) is 18.1. The van der Waals surface area contributed by atoms with Gasteiger partial charge in [-0.2, -0.15) is 0 Å². The average Bonchev–Trinajstić information content (AvgIpc) is 3.35. The summed E-state index contributed by atoms with van der Waals surface area (Å²) in [5, 5.41) is 11.3. The zero-order chi connectivity index (χ0) is 23.3. The molecule has 162 valence electrons. The van der Waals surface area contributed by atoms with Gasteiger partial charge in [0.2, 0.25) is 0 Å². The fourth-order valence-electron chi connectivity index (χ4n) is 3.68. The highest BCUT2D eigenvalue weighted by atomic mass is 16.6. The SMILES string of the molecule is O=[N+]([O-])c1cccc(-c2nc(-c3ccc(C#Cc4ccccc4)cc3)[nH]c2-c2ccccc2)c1. The number of nitro benzene ring substituents is 1.